The van der Waals surface area contributed by atoms with E-state index in [1.807, 2.05) is 7.05 Å². The van der Waals surface area contributed by atoms with Crippen LogP contribution in [-0.2, 0) is 0 Å². The summed E-state index contributed by atoms with van der Waals surface area (Å²) in [5.74, 6) is 1.50. The minimum absolute atomic E-state index is 0.600. The van der Waals surface area contributed by atoms with Crippen molar-refractivity contribution in [1.82, 2.24) is 10.6 Å². The molecule has 12 heavy (non-hydrogen) atoms. The second kappa shape index (κ2) is 6.44. The molecule has 1 atom stereocenters. The van der Waals surface area contributed by atoms with E-state index in [0.717, 1.165) is 24.9 Å². The lowest BCUT2D eigenvalue weighted by atomic mass is 9.95. The summed E-state index contributed by atoms with van der Waals surface area (Å²) >= 11 is 0. The quantitative estimate of drug-likeness (QED) is 0.634. The summed E-state index contributed by atoms with van der Waals surface area (Å²) in [7, 11) is 2.02. The van der Waals surface area contributed by atoms with Crippen LogP contribution in [0.2, 0.25) is 0 Å². The lowest BCUT2D eigenvalue weighted by molar-refractivity contribution is 0.342. The van der Waals surface area contributed by atoms with Crippen molar-refractivity contribution < 1.29 is 0 Å². The smallest absolute Gasteiger partial charge is 0.00105 e. The third-order valence-corrected chi connectivity index (χ3v) is 2.20. The van der Waals surface area contributed by atoms with Gasteiger partial charge in [-0.05, 0) is 32.0 Å². The van der Waals surface area contributed by atoms with Gasteiger partial charge >= 0.3 is 0 Å². The molecule has 2 N–H and O–H groups in total. The Bertz CT molecular complexity index is 100. The van der Waals surface area contributed by atoms with Crippen LogP contribution in [0.15, 0.2) is 0 Å². The maximum atomic E-state index is 3.47. The van der Waals surface area contributed by atoms with E-state index < -0.39 is 0 Å². The summed E-state index contributed by atoms with van der Waals surface area (Å²) in [6, 6.07) is 0.600. The number of hydrogen-bond acceptors (Lipinski definition) is 2. The standard InChI is InChI=1S/C10H24N2/c1-8(2)10(6-11-5)7-12-9(3)4/h8-12H,6-7H2,1-5H3. The van der Waals surface area contributed by atoms with E-state index in [4.69, 9.17) is 0 Å². The largest absolute Gasteiger partial charge is 0.319 e. The van der Waals surface area contributed by atoms with Gasteiger partial charge in [0.15, 0.2) is 0 Å². The molecule has 0 aromatic rings. The van der Waals surface area contributed by atoms with Crippen LogP contribution in [0.5, 0.6) is 0 Å². The highest BCUT2D eigenvalue weighted by Crippen LogP contribution is 2.08. The molecular formula is C10H24N2. The molecular weight excluding hydrogens is 148 g/mol. The van der Waals surface area contributed by atoms with Gasteiger partial charge in [0.05, 0.1) is 0 Å². The third kappa shape index (κ3) is 5.56. The molecule has 0 aliphatic rings. The van der Waals surface area contributed by atoms with Crippen LogP contribution in [0.3, 0.4) is 0 Å². The molecule has 0 saturated carbocycles. The van der Waals surface area contributed by atoms with Gasteiger partial charge in [-0.3, -0.25) is 0 Å². The van der Waals surface area contributed by atoms with E-state index in [-0.39, 0.29) is 0 Å². The molecule has 0 rings (SSSR count). The molecule has 0 heterocycles. The summed E-state index contributed by atoms with van der Waals surface area (Å²) in [6.07, 6.45) is 0. The topological polar surface area (TPSA) is 24.1 Å². The lowest BCUT2D eigenvalue weighted by Gasteiger charge is -2.22. The van der Waals surface area contributed by atoms with Gasteiger partial charge in [0.1, 0.15) is 0 Å². The first kappa shape index (κ1) is 11.9. The molecule has 0 aromatic carbocycles. The van der Waals surface area contributed by atoms with Crippen molar-refractivity contribution in [3.05, 3.63) is 0 Å². The maximum absolute atomic E-state index is 3.47. The van der Waals surface area contributed by atoms with Crippen molar-refractivity contribution in [2.45, 2.75) is 33.7 Å². The first-order valence-electron chi connectivity index (χ1n) is 4.96. The normalized spacial score (nSPS) is 14.2. The zero-order chi connectivity index (χ0) is 9.56. The van der Waals surface area contributed by atoms with Gasteiger partial charge in [-0.15, -0.1) is 0 Å². The van der Waals surface area contributed by atoms with Crippen molar-refractivity contribution in [2.75, 3.05) is 20.1 Å². The fourth-order valence-corrected chi connectivity index (χ4v) is 1.19. The van der Waals surface area contributed by atoms with Crippen LogP contribution in [0.25, 0.3) is 0 Å². The average Bonchev–Trinajstić information content (AvgIpc) is 1.96. The molecule has 0 saturated heterocycles. The Hall–Kier alpha value is -0.0800. The first-order chi connectivity index (χ1) is 5.57. The van der Waals surface area contributed by atoms with Crippen LogP contribution < -0.4 is 10.6 Å². The molecule has 0 aliphatic carbocycles. The Morgan fingerprint density at radius 1 is 1.00 bits per heavy atom. The summed E-state index contributed by atoms with van der Waals surface area (Å²) < 4.78 is 0. The Kier molecular flexibility index (Phi) is 6.39. The van der Waals surface area contributed by atoms with Crippen molar-refractivity contribution in [3.63, 3.8) is 0 Å². The van der Waals surface area contributed by atoms with Gasteiger partial charge in [-0.1, -0.05) is 27.7 Å². The van der Waals surface area contributed by atoms with E-state index in [1.54, 1.807) is 0 Å². The van der Waals surface area contributed by atoms with Gasteiger partial charge in [0.2, 0.25) is 0 Å². The summed E-state index contributed by atoms with van der Waals surface area (Å²) in [5.41, 5.74) is 0. The van der Waals surface area contributed by atoms with Gasteiger partial charge in [0.25, 0.3) is 0 Å². The van der Waals surface area contributed by atoms with Crippen LogP contribution in [0, 0.1) is 11.8 Å². The molecule has 0 bridgehead atoms. The second-order valence-corrected chi connectivity index (χ2v) is 4.12. The Labute approximate surface area is 77.1 Å². The second-order valence-electron chi connectivity index (χ2n) is 4.12. The number of nitrogens with one attached hydrogen (secondary N) is 2. The fraction of sp³-hybridized carbons (Fsp3) is 1.00. The number of rotatable bonds is 6. The van der Waals surface area contributed by atoms with E-state index in [1.165, 1.54) is 0 Å². The van der Waals surface area contributed by atoms with Crippen LogP contribution >= 0.6 is 0 Å². The highest BCUT2D eigenvalue weighted by Gasteiger charge is 2.11. The fourth-order valence-electron chi connectivity index (χ4n) is 1.19. The van der Waals surface area contributed by atoms with E-state index >= 15 is 0 Å². The summed E-state index contributed by atoms with van der Waals surface area (Å²) in [4.78, 5) is 0. The van der Waals surface area contributed by atoms with Gasteiger partial charge < -0.3 is 10.6 Å². The minimum Gasteiger partial charge on any atom is -0.319 e. The molecule has 0 aromatic heterocycles. The van der Waals surface area contributed by atoms with Gasteiger partial charge in [0, 0.05) is 6.04 Å². The van der Waals surface area contributed by atoms with E-state index in [2.05, 4.69) is 38.3 Å². The molecule has 0 aliphatic heterocycles. The monoisotopic (exact) mass is 172 g/mol. The zero-order valence-electron chi connectivity index (χ0n) is 9.15. The predicted molar refractivity (Wildman–Crippen MR) is 55.4 cm³/mol. The Morgan fingerprint density at radius 2 is 1.58 bits per heavy atom. The van der Waals surface area contributed by atoms with Crippen molar-refractivity contribution in [1.29, 1.82) is 0 Å². The van der Waals surface area contributed by atoms with E-state index in [9.17, 15) is 0 Å². The predicted octanol–water partition coefficient (Wildman–Crippen LogP) is 1.48. The van der Waals surface area contributed by atoms with Crippen LogP contribution in [-0.4, -0.2) is 26.2 Å². The molecule has 74 valence electrons. The van der Waals surface area contributed by atoms with E-state index in [0.29, 0.717) is 6.04 Å². The first-order valence-corrected chi connectivity index (χ1v) is 4.96. The highest BCUT2D eigenvalue weighted by molar-refractivity contribution is 4.68. The minimum atomic E-state index is 0.600. The third-order valence-electron chi connectivity index (χ3n) is 2.20. The highest BCUT2D eigenvalue weighted by atomic mass is 14.9. The summed E-state index contributed by atoms with van der Waals surface area (Å²) in [5, 5.41) is 6.70. The Morgan fingerprint density at radius 3 is 1.92 bits per heavy atom. The van der Waals surface area contributed by atoms with Crippen molar-refractivity contribution in [2.24, 2.45) is 11.8 Å². The molecule has 1 unspecified atom stereocenters. The average molecular weight is 172 g/mol. The Balaban J connectivity index is 3.63. The zero-order valence-corrected chi connectivity index (χ0v) is 9.15. The van der Waals surface area contributed by atoms with Crippen LogP contribution in [0.4, 0.5) is 0 Å². The molecule has 2 heteroatoms. The lowest BCUT2D eigenvalue weighted by Crippen LogP contribution is -2.36. The van der Waals surface area contributed by atoms with Crippen molar-refractivity contribution >= 4 is 0 Å². The maximum Gasteiger partial charge on any atom is 0.00105 e. The number of hydrogen-bond donors (Lipinski definition) is 2. The van der Waals surface area contributed by atoms with Gasteiger partial charge in [-0.25, -0.2) is 0 Å². The molecule has 0 spiro atoms. The molecule has 0 fully saturated rings. The molecule has 0 radical (unpaired) electrons. The molecule has 2 nitrogen and oxygen atoms in total. The van der Waals surface area contributed by atoms with Crippen LogP contribution in [0.1, 0.15) is 27.7 Å². The van der Waals surface area contributed by atoms with Gasteiger partial charge in [-0.2, -0.15) is 0 Å². The SMILES string of the molecule is CNCC(CNC(C)C)C(C)C. The molecule has 0 amide bonds. The van der Waals surface area contributed by atoms with Crippen molar-refractivity contribution in [3.8, 4) is 0 Å². The summed E-state index contributed by atoms with van der Waals surface area (Å²) in [6.45, 7) is 11.2.